The second kappa shape index (κ2) is 5.40. The molecule has 0 spiro atoms. The number of nitrogens with one attached hydrogen (secondary N) is 2. The molecule has 1 rings (SSSR count). The van der Waals surface area contributed by atoms with Gasteiger partial charge in [-0.15, -0.1) is 12.3 Å². The number of carbonyl (C=O) groups is 2. The third-order valence-corrected chi connectivity index (χ3v) is 2.52. The van der Waals surface area contributed by atoms with E-state index in [1.54, 1.807) is 0 Å². The van der Waals surface area contributed by atoms with Crippen LogP contribution in [0.2, 0.25) is 0 Å². The summed E-state index contributed by atoms with van der Waals surface area (Å²) in [6, 6.07) is -0.357. The highest BCUT2D eigenvalue weighted by Gasteiger charge is 2.27. The van der Waals surface area contributed by atoms with Gasteiger partial charge in [0.05, 0.1) is 0 Å². The first-order valence-electron chi connectivity index (χ1n) is 5.20. The molecule has 1 fully saturated rings. The second-order valence-corrected chi connectivity index (χ2v) is 3.68. The Labute approximate surface area is 89.8 Å². The van der Waals surface area contributed by atoms with Crippen molar-refractivity contribution in [2.75, 3.05) is 0 Å². The van der Waals surface area contributed by atoms with Crippen molar-refractivity contribution in [2.24, 2.45) is 0 Å². The van der Waals surface area contributed by atoms with Crippen molar-refractivity contribution < 1.29 is 9.59 Å². The van der Waals surface area contributed by atoms with E-state index in [0.29, 0.717) is 19.3 Å². The van der Waals surface area contributed by atoms with E-state index in [1.165, 1.54) is 0 Å². The maximum Gasteiger partial charge on any atom is 0.242 e. The van der Waals surface area contributed by atoms with Gasteiger partial charge in [-0.05, 0) is 12.8 Å². The fourth-order valence-electron chi connectivity index (χ4n) is 1.55. The summed E-state index contributed by atoms with van der Waals surface area (Å²) in [7, 11) is 0. The first-order chi connectivity index (χ1) is 7.17. The van der Waals surface area contributed by atoms with Crippen molar-refractivity contribution in [1.82, 2.24) is 10.6 Å². The monoisotopic (exact) mass is 208 g/mol. The molecule has 82 valence electrons. The Bertz CT molecular complexity index is 293. The normalized spacial score (nSPS) is 21.6. The Kier molecular flexibility index (Phi) is 4.17. The first kappa shape index (κ1) is 11.6. The molecule has 1 aliphatic heterocycles. The first-order valence-corrected chi connectivity index (χ1v) is 5.20. The highest BCUT2D eigenvalue weighted by molar-refractivity contribution is 5.90. The lowest BCUT2D eigenvalue weighted by Gasteiger charge is -2.17. The Morgan fingerprint density at radius 2 is 2.53 bits per heavy atom. The van der Waals surface area contributed by atoms with E-state index in [0.717, 1.165) is 6.42 Å². The molecule has 2 amide bonds. The average molecular weight is 208 g/mol. The van der Waals surface area contributed by atoms with Crippen molar-refractivity contribution in [2.45, 2.75) is 44.7 Å². The number of hydrogen-bond acceptors (Lipinski definition) is 2. The predicted octanol–water partition coefficient (Wildman–Crippen LogP) is 0.183. The molecule has 0 aliphatic carbocycles. The van der Waals surface area contributed by atoms with Gasteiger partial charge in [0.25, 0.3) is 0 Å². The molecule has 2 N–H and O–H groups in total. The summed E-state index contributed by atoms with van der Waals surface area (Å²) in [5, 5.41) is 5.46. The lowest BCUT2D eigenvalue weighted by atomic mass is 10.1. The summed E-state index contributed by atoms with van der Waals surface area (Å²) in [5.74, 6) is 2.34. The molecular weight excluding hydrogens is 192 g/mol. The van der Waals surface area contributed by atoms with Crippen LogP contribution in [0.3, 0.4) is 0 Å². The van der Waals surface area contributed by atoms with Crippen LogP contribution in [0.5, 0.6) is 0 Å². The molecule has 0 radical (unpaired) electrons. The van der Waals surface area contributed by atoms with Gasteiger partial charge in [0.1, 0.15) is 6.04 Å². The summed E-state index contributed by atoms with van der Waals surface area (Å²) in [6.07, 6.45) is 7.53. The number of carbonyl (C=O) groups excluding carboxylic acids is 2. The minimum Gasteiger partial charge on any atom is -0.351 e. The summed E-state index contributed by atoms with van der Waals surface area (Å²) in [4.78, 5) is 22.6. The minimum atomic E-state index is -0.371. The lowest BCUT2D eigenvalue weighted by molar-refractivity contribution is -0.126. The molecule has 1 heterocycles. The summed E-state index contributed by atoms with van der Waals surface area (Å²) in [5.41, 5.74) is 0. The Balaban J connectivity index is 2.41. The van der Waals surface area contributed by atoms with E-state index < -0.39 is 0 Å². The van der Waals surface area contributed by atoms with Crippen molar-refractivity contribution >= 4 is 11.8 Å². The van der Waals surface area contributed by atoms with E-state index in [9.17, 15) is 9.59 Å². The Hall–Kier alpha value is -1.50. The maximum atomic E-state index is 11.6. The zero-order valence-electron chi connectivity index (χ0n) is 8.88. The SMILES string of the molecule is C#CCC(CC)NC(=O)[C@@H]1CCC(=O)N1. The van der Waals surface area contributed by atoms with Crippen LogP contribution >= 0.6 is 0 Å². The van der Waals surface area contributed by atoms with Gasteiger partial charge in [-0.2, -0.15) is 0 Å². The Morgan fingerprint density at radius 1 is 1.80 bits per heavy atom. The number of rotatable bonds is 4. The Morgan fingerprint density at radius 3 is 3.00 bits per heavy atom. The molecule has 1 unspecified atom stereocenters. The van der Waals surface area contributed by atoms with Crippen LogP contribution in [0, 0.1) is 12.3 Å². The summed E-state index contributed by atoms with van der Waals surface area (Å²) >= 11 is 0. The molecule has 1 aliphatic rings. The van der Waals surface area contributed by atoms with Gasteiger partial charge in [-0.3, -0.25) is 9.59 Å². The molecule has 0 aromatic rings. The molecule has 4 heteroatoms. The molecule has 15 heavy (non-hydrogen) atoms. The highest BCUT2D eigenvalue weighted by Crippen LogP contribution is 2.07. The number of hydrogen-bond donors (Lipinski definition) is 2. The van der Waals surface area contributed by atoms with E-state index in [1.807, 2.05) is 6.92 Å². The van der Waals surface area contributed by atoms with Crippen LogP contribution < -0.4 is 10.6 Å². The molecule has 4 nitrogen and oxygen atoms in total. The molecular formula is C11H16N2O2. The molecule has 0 aromatic heterocycles. The van der Waals surface area contributed by atoms with Gasteiger partial charge in [0, 0.05) is 18.9 Å². The highest BCUT2D eigenvalue weighted by atomic mass is 16.2. The van der Waals surface area contributed by atoms with Crippen molar-refractivity contribution in [3.8, 4) is 12.3 Å². The maximum absolute atomic E-state index is 11.6. The van der Waals surface area contributed by atoms with Crippen molar-refractivity contribution in [3.05, 3.63) is 0 Å². The predicted molar refractivity (Wildman–Crippen MR) is 56.8 cm³/mol. The standard InChI is InChI=1S/C11H16N2O2/c1-3-5-8(4-2)12-11(15)9-6-7-10(14)13-9/h1,8-9H,4-7H2,2H3,(H,12,15)(H,13,14)/t8?,9-/m0/s1. The summed E-state index contributed by atoms with van der Waals surface area (Å²) in [6.45, 7) is 1.97. The van der Waals surface area contributed by atoms with E-state index in [4.69, 9.17) is 6.42 Å². The van der Waals surface area contributed by atoms with Crippen LogP contribution in [0.1, 0.15) is 32.6 Å². The molecule has 1 saturated heterocycles. The average Bonchev–Trinajstić information content (AvgIpc) is 2.64. The van der Waals surface area contributed by atoms with Crippen molar-refractivity contribution in [1.29, 1.82) is 0 Å². The quantitative estimate of drug-likeness (QED) is 0.648. The fourth-order valence-corrected chi connectivity index (χ4v) is 1.55. The van der Waals surface area contributed by atoms with Gasteiger partial charge >= 0.3 is 0 Å². The summed E-state index contributed by atoms with van der Waals surface area (Å²) < 4.78 is 0. The molecule has 2 atom stereocenters. The van der Waals surface area contributed by atoms with Crippen LogP contribution in [0.25, 0.3) is 0 Å². The van der Waals surface area contributed by atoms with Crippen LogP contribution in [-0.4, -0.2) is 23.9 Å². The third kappa shape index (κ3) is 3.28. The third-order valence-electron chi connectivity index (χ3n) is 2.52. The minimum absolute atomic E-state index is 0.0139. The van der Waals surface area contributed by atoms with Crippen molar-refractivity contribution in [3.63, 3.8) is 0 Å². The van der Waals surface area contributed by atoms with Gasteiger partial charge in [-0.25, -0.2) is 0 Å². The fraction of sp³-hybridized carbons (Fsp3) is 0.636. The lowest BCUT2D eigenvalue weighted by Crippen LogP contribution is -2.45. The number of terminal acetylenes is 1. The zero-order valence-corrected chi connectivity index (χ0v) is 8.88. The van der Waals surface area contributed by atoms with E-state index >= 15 is 0 Å². The van der Waals surface area contributed by atoms with E-state index in [2.05, 4.69) is 16.6 Å². The number of amides is 2. The van der Waals surface area contributed by atoms with Gasteiger partial charge in [0.15, 0.2) is 0 Å². The molecule has 0 saturated carbocycles. The molecule has 0 bridgehead atoms. The van der Waals surface area contributed by atoms with Crippen LogP contribution in [0.15, 0.2) is 0 Å². The van der Waals surface area contributed by atoms with E-state index in [-0.39, 0.29) is 23.9 Å². The van der Waals surface area contributed by atoms with Gasteiger partial charge < -0.3 is 10.6 Å². The van der Waals surface area contributed by atoms with Gasteiger partial charge in [0.2, 0.25) is 11.8 Å². The smallest absolute Gasteiger partial charge is 0.242 e. The second-order valence-electron chi connectivity index (χ2n) is 3.68. The topological polar surface area (TPSA) is 58.2 Å². The van der Waals surface area contributed by atoms with Crippen LogP contribution in [-0.2, 0) is 9.59 Å². The largest absolute Gasteiger partial charge is 0.351 e. The zero-order chi connectivity index (χ0) is 11.3. The molecule has 0 aromatic carbocycles. The van der Waals surface area contributed by atoms with Crippen LogP contribution in [0.4, 0.5) is 0 Å². The van der Waals surface area contributed by atoms with Gasteiger partial charge in [-0.1, -0.05) is 6.92 Å².